The number of hydrogen-bond donors (Lipinski definition) is 1. The number of carbonyl (C=O) groups excluding carboxylic acids is 5. The van der Waals surface area contributed by atoms with E-state index in [1.807, 2.05) is 0 Å². The summed E-state index contributed by atoms with van der Waals surface area (Å²) >= 11 is 0. The number of esters is 4. The largest absolute Gasteiger partial charge is 0.444 e. The van der Waals surface area contributed by atoms with Gasteiger partial charge in [0.2, 0.25) is 0 Å². The van der Waals surface area contributed by atoms with Gasteiger partial charge in [-0.25, -0.2) is 19.2 Å². The minimum Gasteiger partial charge on any atom is -0.444 e. The number of cyclic esters (lactones) is 2. The molecule has 2 aliphatic heterocycles. The Balaban J connectivity index is 1.24. The highest BCUT2D eigenvalue weighted by Gasteiger charge is 2.73. The van der Waals surface area contributed by atoms with Crippen LogP contribution in [0, 0.1) is 17.8 Å². The maximum atomic E-state index is 13.8. The Bertz CT molecular complexity index is 1440. The molecule has 2 fully saturated rings. The highest BCUT2D eigenvalue weighted by Crippen LogP contribution is 2.63. The van der Waals surface area contributed by atoms with E-state index in [9.17, 15) is 24.0 Å². The van der Waals surface area contributed by atoms with Crippen LogP contribution in [0.2, 0.25) is 0 Å². The molecule has 2 heterocycles. The van der Waals surface area contributed by atoms with E-state index in [1.165, 1.54) is 0 Å². The summed E-state index contributed by atoms with van der Waals surface area (Å²) in [6, 6.07) is 13.1. The fourth-order valence-electron chi connectivity index (χ4n) is 5.99. The number of carbonyl (C=O) groups is 5. The predicted molar refractivity (Wildman–Crippen MR) is 133 cm³/mol. The zero-order valence-corrected chi connectivity index (χ0v) is 22.0. The first-order chi connectivity index (χ1) is 19.0. The van der Waals surface area contributed by atoms with Crippen LogP contribution in [0.15, 0.2) is 48.5 Å². The fourth-order valence-corrected chi connectivity index (χ4v) is 5.99. The average molecular weight is 550 g/mol. The van der Waals surface area contributed by atoms with E-state index in [1.54, 1.807) is 69.3 Å². The molecule has 0 aromatic heterocycles. The van der Waals surface area contributed by atoms with Crippen LogP contribution >= 0.6 is 0 Å². The molecule has 6 atom stereocenters. The Morgan fingerprint density at radius 2 is 1.43 bits per heavy atom. The van der Waals surface area contributed by atoms with Crippen LogP contribution in [-0.2, 0) is 33.3 Å². The number of ether oxygens (including phenoxy) is 5. The minimum atomic E-state index is -1.63. The third kappa shape index (κ3) is 4.25. The molecule has 0 bridgehead atoms. The zero-order chi connectivity index (χ0) is 28.4. The molecule has 6 rings (SSSR count). The summed E-state index contributed by atoms with van der Waals surface area (Å²) in [7, 11) is 0. The summed E-state index contributed by atoms with van der Waals surface area (Å²) in [6.07, 6.45) is -2.77. The van der Waals surface area contributed by atoms with Gasteiger partial charge in [0.05, 0.1) is 17.0 Å². The summed E-state index contributed by atoms with van der Waals surface area (Å²) in [5, 5.41) is 2.68. The van der Waals surface area contributed by atoms with Crippen molar-refractivity contribution in [3.63, 3.8) is 0 Å². The van der Waals surface area contributed by atoms with Crippen molar-refractivity contribution >= 4 is 30.0 Å². The third-order valence-corrected chi connectivity index (χ3v) is 7.70. The molecule has 0 spiro atoms. The van der Waals surface area contributed by atoms with Gasteiger partial charge in [0.1, 0.15) is 11.1 Å². The highest BCUT2D eigenvalue weighted by atomic mass is 16.7. The van der Waals surface area contributed by atoms with E-state index in [2.05, 4.69) is 5.32 Å². The Hall–Kier alpha value is -4.41. The molecular formula is C29H27NO10. The van der Waals surface area contributed by atoms with E-state index in [0.29, 0.717) is 23.1 Å². The second-order valence-corrected chi connectivity index (χ2v) is 11.3. The van der Waals surface area contributed by atoms with Gasteiger partial charge in [0.15, 0.2) is 0 Å². The lowest BCUT2D eigenvalue weighted by atomic mass is 9.90. The Morgan fingerprint density at radius 1 is 0.875 bits per heavy atom. The normalized spacial score (nSPS) is 29.3. The second kappa shape index (κ2) is 9.07. The Morgan fingerprint density at radius 3 is 2.00 bits per heavy atom. The maximum Gasteiger partial charge on any atom is 0.408 e. The zero-order valence-electron chi connectivity index (χ0n) is 22.0. The number of rotatable bonds is 5. The van der Waals surface area contributed by atoms with Gasteiger partial charge in [-0.2, -0.15) is 0 Å². The summed E-state index contributed by atoms with van der Waals surface area (Å²) in [6.45, 7) is 5.05. The second-order valence-electron chi connectivity index (χ2n) is 11.3. The van der Waals surface area contributed by atoms with E-state index in [0.717, 1.165) is 0 Å². The standard InChI is InChI=1S/C29H27NO10/c1-28(2,3)40-27(35)30-29(26(34)39-25-17-11-7-5-9-15(17)22(32)37-25)13-12-18-19(20(18)29)23(33)38-24-16-10-6-4-8-14(16)21(31)36-24/h4-11,18-20,24-25H,12-13H2,1-3H3,(H,30,35)/t18-,19-,20-,24?,25?,29-/m0/s1. The van der Waals surface area contributed by atoms with Gasteiger partial charge in [-0.15, -0.1) is 0 Å². The molecule has 0 radical (unpaired) electrons. The summed E-state index contributed by atoms with van der Waals surface area (Å²) in [5.41, 5.74) is -1.08. The SMILES string of the molecule is CC(C)(C)OC(=O)N[C@@]1(C(=O)OC2OC(=O)c3ccccc32)CC[C@H]2[C@H](C(=O)OC3OC(=O)c4ccccc43)[C@H]21. The van der Waals surface area contributed by atoms with Crippen molar-refractivity contribution in [2.24, 2.45) is 17.8 Å². The maximum absolute atomic E-state index is 13.8. The Labute approximate surface area is 229 Å². The van der Waals surface area contributed by atoms with E-state index in [-0.39, 0.29) is 17.9 Å². The van der Waals surface area contributed by atoms with E-state index < -0.39 is 65.5 Å². The molecule has 1 amide bonds. The van der Waals surface area contributed by atoms with Crippen molar-refractivity contribution in [2.75, 3.05) is 0 Å². The monoisotopic (exact) mass is 549 g/mol. The smallest absolute Gasteiger partial charge is 0.408 e. The van der Waals surface area contributed by atoms with Gasteiger partial charge in [-0.3, -0.25) is 4.79 Å². The van der Waals surface area contributed by atoms with Crippen molar-refractivity contribution in [1.82, 2.24) is 5.32 Å². The first kappa shape index (κ1) is 25.8. The lowest BCUT2D eigenvalue weighted by Crippen LogP contribution is -2.57. The van der Waals surface area contributed by atoms with Gasteiger partial charge in [-0.1, -0.05) is 36.4 Å². The molecule has 2 unspecified atom stereocenters. The van der Waals surface area contributed by atoms with Crippen molar-refractivity contribution in [1.29, 1.82) is 0 Å². The lowest BCUT2D eigenvalue weighted by Gasteiger charge is -2.32. The molecular weight excluding hydrogens is 522 g/mol. The van der Waals surface area contributed by atoms with Crippen LogP contribution in [0.1, 0.15) is 78.0 Å². The van der Waals surface area contributed by atoms with E-state index >= 15 is 0 Å². The van der Waals surface area contributed by atoms with Crippen molar-refractivity contribution in [2.45, 2.75) is 57.3 Å². The molecule has 11 nitrogen and oxygen atoms in total. The number of hydrogen-bond acceptors (Lipinski definition) is 10. The molecule has 4 aliphatic rings. The summed E-state index contributed by atoms with van der Waals surface area (Å²) in [4.78, 5) is 64.4. The van der Waals surface area contributed by atoms with Gasteiger partial charge in [0, 0.05) is 17.0 Å². The highest BCUT2D eigenvalue weighted by molar-refractivity contribution is 5.96. The molecule has 2 aliphatic carbocycles. The van der Waals surface area contributed by atoms with E-state index in [4.69, 9.17) is 23.7 Å². The quantitative estimate of drug-likeness (QED) is 0.433. The molecule has 2 aromatic carbocycles. The van der Waals surface area contributed by atoms with Crippen LogP contribution in [0.25, 0.3) is 0 Å². The number of benzene rings is 2. The van der Waals surface area contributed by atoms with Crippen LogP contribution < -0.4 is 5.32 Å². The number of fused-ring (bicyclic) bond motifs is 3. The Kier molecular flexibility index (Phi) is 5.86. The van der Waals surface area contributed by atoms with Crippen molar-refractivity contribution < 1.29 is 47.7 Å². The van der Waals surface area contributed by atoms with Crippen LogP contribution in [-0.4, -0.2) is 41.1 Å². The number of amides is 1. The molecule has 40 heavy (non-hydrogen) atoms. The minimum absolute atomic E-state index is 0.174. The van der Waals surface area contributed by atoms with Gasteiger partial charge in [-0.05, 0) is 51.7 Å². The fraction of sp³-hybridized carbons (Fsp3) is 0.414. The van der Waals surface area contributed by atoms with Crippen LogP contribution in [0.3, 0.4) is 0 Å². The molecule has 11 heteroatoms. The van der Waals surface area contributed by atoms with Gasteiger partial charge < -0.3 is 29.0 Å². The third-order valence-electron chi connectivity index (χ3n) is 7.70. The molecule has 208 valence electrons. The van der Waals surface area contributed by atoms with Gasteiger partial charge in [0.25, 0.3) is 12.6 Å². The molecule has 0 saturated heterocycles. The van der Waals surface area contributed by atoms with Crippen LogP contribution in [0.4, 0.5) is 4.79 Å². The summed E-state index contributed by atoms with van der Waals surface area (Å²) < 4.78 is 27.2. The topological polar surface area (TPSA) is 144 Å². The molecule has 2 saturated carbocycles. The summed E-state index contributed by atoms with van der Waals surface area (Å²) in [5.74, 6) is -4.47. The number of alkyl carbamates (subject to hydrolysis) is 1. The molecule has 1 N–H and O–H groups in total. The van der Waals surface area contributed by atoms with Crippen LogP contribution in [0.5, 0.6) is 0 Å². The van der Waals surface area contributed by atoms with Gasteiger partial charge >= 0.3 is 30.0 Å². The number of nitrogens with one attached hydrogen (secondary N) is 1. The molecule has 2 aromatic rings. The average Bonchev–Trinajstić information content (AvgIpc) is 3.23. The van der Waals surface area contributed by atoms with Crippen molar-refractivity contribution in [3.8, 4) is 0 Å². The predicted octanol–water partition coefficient (Wildman–Crippen LogP) is 3.73. The first-order valence-electron chi connectivity index (χ1n) is 13.0. The van der Waals surface area contributed by atoms with Crippen molar-refractivity contribution in [3.05, 3.63) is 70.8 Å². The first-order valence-corrected chi connectivity index (χ1v) is 13.0. The lowest BCUT2D eigenvalue weighted by molar-refractivity contribution is -0.178.